The summed E-state index contributed by atoms with van der Waals surface area (Å²) >= 11 is 0. The van der Waals surface area contributed by atoms with Crippen LogP contribution in [0.5, 0.6) is 0 Å². The molecule has 0 saturated carbocycles. The fourth-order valence-corrected chi connectivity index (χ4v) is 2.03. The Morgan fingerprint density at radius 2 is 2.08 bits per heavy atom. The second-order valence-electron chi connectivity index (χ2n) is 5.23. The first-order chi connectivity index (χ1) is 11.9. The van der Waals surface area contributed by atoms with Gasteiger partial charge in [0.1, 0.15) is 12.0 Å². The number of pyridine rings is 1. The summed E-state index contributed by atoms with van der Waals surface area (Å²) < 4.78 is 0. The monoisotopic (exact) mass is 344 g/mol. The van der Waals surface area contributed by atoms with Crippen LogP contribution in [0.3, 0.4) is 0 Å². The molecule has 1 amide bonds. The van der Waals surface area contributed by atoms with Gasteiger partial charge in [-0.2, -0.15) is 0 Å². The normalized spacial score (nSPS) is 10.1. The van der Waals surface area contributed by atoms with Crippen LogP contribution in [-0.4, -0.2) is 45.4 Å². The molecule has 2 N–H and O–H groups in total. The maximum atomic E-state index is 12.3. The second kappa shape index (κ2) is 7.86. The van der Waals surface area contributed by atoms with Crippen LogP contribution in [0, 0.1) is 10.1 Å². The highest BCUT2D eigenvalue weighted by Gasteiger charge is 2.13. The van der Waals surface area contributed by atoms with E-state index in [9.17, 15) is 19.7 Å². The third kappa shape index (κ3) is 4.99. The van der Waals surface area contributed by atoms with E-state index in [-0.39, 0.29) is 24.6 Å². The van der Waals surface area contributed by atoms with E-state index < -0.39 is 10.9 Å². The lowest BCUT2D eigenvalue weighted by molar-refractivity contribution is -0.385. The zero-order valence-electron chi connectivity index (χ0n) is 13.4. The molecular formula is C16H16N4O5. The number of nitrogens with one attached hydrogen (secondary N) is 1. The van der Waals surface area contributed by atoms with Crippen molar-refractivity contribution in [3.05, 3.63) is 58.3 Å². The lowest BCUT2D eigenvalue weighted by Gasteiger charge is -2.16. The van der Waals surface area contributed by atoms with Gasteiger partial charge in [-0.1, -0.05) is 6.07 Å². The SMILES string of the molecule is CN(CCC(=O)O)C(=O)c1cccc(Nc2ccc([N+](=O)[O-])cn2)c1. The summed E-state index contributed by atoms with van der Waals surface area (Å²) in [6.07, 6.45) is 1.00. The molecule has 0 aliphatic carbocycles. The maximum absolute atomic E-state index is 12.3. The minimum absolute atomic E-state index is 0.107. The van der Waals surface area contributed by atoms with Crippen LogP contribution >= 0.6 is 0 Å². The van der Waals surface area contributed by atoms with Crippen LogP contribution in [-0.2, 0) is 4.79 Å². The molecule has 0 aliphatic heterocycles. The number of carboxylic acid groups (broad SMARTS) is 1. The molecule has 1 heterocycles. The predicted molar refractivity (Wildman–Crippen MR) is 89.8 cm³/mol. The number of carbonyl (C=O) groups is 2. The fourth-order valence-electron chi connectivity index (χ4n) is 2.03. The molecule has 2 aromatic rings. The summed E-state index contributed by atoms with van der Waals surface area (Å²) in [6, 6.07) is 9.40. The number of nitro groups is 1. The largest absolute Gasteiger partial charge is 0.481 e. The average molecular weight is 344 g/mol. The molecule has 1 aromatic carbocycles. The summed E-state index contributed by atoms with van der Waals surface area (Å²) in [4.78, 5) is 38.2. The second-order valence-corrected chi connectivity index (χ2v) is 5.23. The smallest absolute Gasteiger partial charge is 0.305 e. The van der Waals surface area contributed by atoms with Crippen LogP contribution < -0.4 is 5.32 Å². The van der Waals surface area contributed by atoms with E-state index in [0.29, 0.717) is 17.1 Å². The highest BCUT2D eigenvalue weighted by atomic mass is 16.6. The van der Waals surface area contributed by atoms with Crippen molar-refractivity contribution in [1.29, 1.82) is 0 Å². The maximum Gasteiger partial charge on any atom is 0.305 e. The predicted octanol–water partition coefficient (Wildman–Crippen LogP) is 2.28. The van der Waals surface area contributed by atoms with Gasteiger partial charge in [-0.25, -0.2) is 4.98 Å². The number of hydrogen-bond acceptors (Lipinski definition) is 6. The minimum atomic E-state index is -0.973. The molecule has 0 saturated heterocycles. The summed E-state index contributed by atoms with van der Waals surface area (Å²) in [5.74, 6) is -0.879. The van der Waals surface area contributed by atoms with E-state index in [4.69, 9.17) is 5.11 Å². The van der Waals surface area contributed by atoms with E-state index in [1.807, 2.05) is 0 Å². The Morgan fingerprint density at radius 1 is 1.32 bits per heavy atom. The van der Waals surface area contributed by atoms with Gasteiger partial charge < -0.3 is 15.3 Å². The molecule has 0 unspecified atom stereocenters. The zero-order valence-corrected chi connectivity index (χ0v) is 13.4. The Balaban J connectivity index is 2.08. The first-order valence-corrected chi connectivity index (χ1v) is 7.31. The molecule has 130 valence electrons. The number of hydrogen-bond donors (Lipinski definition) is 2. The Morgan fingerprint density at radius 3 is 2.68 bits per heavy atom. The lowest BCUT2D eigenvalue weighted by atomic mass is 10.1. The van der Waals surface area contributed by atoms with Gasteiger partial charge in [0.15, 0.2) is 0 Å². The third-order valence-electron chi connectivity index (χ3n) is 3.35. The van der Waals surface area contributed by atoms with Crippen molar-refractivity contribution >= 4 is 29.1 Å². The van der Waals surface area contributed by atoms with Crippen LogP contribution in [0.25, 0.3) is 0 Å². The van der Waals surface area contributed by atoms with Crippen LogP contribution in [0.1, 0.15) is 16.8 Å². The average Bonchev–Trinajstić information content (AvgIpc) is 2.59. The molecule has 9 heteroatoms. The Kier molecular flexibility index (Phi) is 5.62. The number of carbonyl (C=O) groups excluding carboxylic acids is 1. The molecule has 9 nitrogen and oxygen atoms in total. The summed E-state index contributed by atoms with van der Waals surface area (Å²) in [5.41, 5.74) is 0.855. The summed E-state index contributed by atoms with van der Waals surface area (Å²) in [5, 5.41) is 22.3. The highest BCUT2D eigenvalue weighted by Crippen LogP contribution is 2.19. The van der Waals surface area contributed by atoms with Gasteiger partial charge in [-0.3, -0.25) is 19.7 Å². The van der Waals surface area contributed by atoms with Gasteiger partial charge in [0.25, 0.3) is 11.6 Å². The van der Waals surface area contributed by atoms with Crippen molar-refractivity contribution in [3.8, 4) is 0 Å². The van der Waals surface area contributed by atoms with Gasteiger partial charge in [0, 0.05) is 30.9 Å². The number of anilines is 2. The summed E-state index contributed by atoms with van der Waals surface area (Å²) in [7, 11) is 1.53. The van der Waals surface area contributed by atoms with Crippen LogP contribution in [0.4, 0.5) is 17.2 Å². The van der Waals surface area contributed by atoms with E-state index in [1.54, 1.807) is 24.3 Å². The Labute approximate surface area is 143 Å². The molecular weight excluding hydrogens is 328 g/mol. The Hall–Kier alpha value is -3.49. The van der Waals surface area contributed by atoms with Crippen molar-refractivity contribution < 1.29 is 19.6 Å². The van der Waals surface area contributed by atoms with E-state index >= 15 is 0 Å². The van der Waals surface area contributed by atoms with E-state index in [2.05, 4.69) is 10.3 Å². The van der Waals surface area contributed by atoms with Crippen molar-refractivity contribution in [2.24, 2.45) is 0 Å². The quantitative estimate of drug-likeness (QED) is 0.583. The zero-order chi connectivity index (χ0) is 18.4. The molecule has 25 heavy (non-hydrogen) atoms. The number of nitrogens with zero attached hydrogens (tertiary/aromatic N) is 3. The molecule has 0 aliphatic rings. The van der Waals surface area contributed by atoms with Crippen molar-refractivity contribution in [3.63, 3.8) is 0 Å². The molecule has 2 rings (SSSR count). The van der Waals surface area contributed by atoms with Crippen LogP contribution in [0.15, 0.2) is 42.6 Å². The van der Waals surface area contributed by atoms with Gasteiger partial charge in [0.05, 0.1) is 11.3 Å². The standard InChI is InChI=1S/C16H16N4O5/c1-19(8-7-15(21)22)16(23)11-3-2-4-12(9-11)18-14-6-5-13(10-17-14)20(24)25/h2-6,9-10H,7-8H2,1H3,(H,17,18)(H,21,22). The van der Waals surface area contributed by atoms with Gasteiger partial charge >= 0.3 is 5.97 Å². The van der Waals surface area contributed by atoms with Gasteiger partial charge in [-0.15, -0.1) is 0 Å². The molecule has 0 spiro atoms. The number of carboxylic acids is 1. The van der Waals surface area contributed by atoms with E-state index in [0.717, 1.165) is 6.20 Å². The number of amides is 1. The fraction of sp³-hybridized carbons (Fsp3) is 0.188. The molecule has 1 aromatic heterocycles. The number of aromatic nitrogens is 1. The van der Waals surface area contributed by atoms with Crippen molar-refractivity contribution in [2.45, 2.75) is 6.42 Å². The third-order valence-corrected chi connectivity index (χ3v) is 3.35. The lowest BCUT2D eigenvalue weighted by Crippen LogP contribution is -2.29. The molecule has 0 atom stereocenters. The van der Waals surface area contributed by atoms with Gasteiger partial charge in [-0.05, 0) is 24.3 Å². The first-order valence-electron chi connectivity index (χ1n) is 7.31. The van der Waals surface area contributed by atoms with E-state index in [1.165, 1.54) is 24.1 Å². The number of rotatable bonds is 7. The highest BCUT2D eigenvalue weighted by molar-refractivity contribution is 5.95. The van der Waals surface area contributed by atoms with Crippen LogP contribution in [0.2, 0.25) is 0 Å². The van der Waals surface area contributed by atoms with Crippen molar-refractivity contribution in [2.75, 3.05) is 18.9 Å². The molecule has 0 bridgehead atoms. The van der Waals surface area contributed by atoms with Gasteiger partial charge in [0.2, 0.25) is 0 Å². The number of benzene rings is 1. The molecule has 0 radical (unpaired) electrons. The van der Waals surface area contributed by atoms with Crippen molar-refractivity contribution in [1.82, 2.24) is 9.88 Å². The molecule has 0 fully saturated rings. The topological polar surface area (TPSA) is 126 Å². The summed E-state index contributed by atoms with van der Waals surface area (Å²) in [6.45, 7) is 0.107. The Bertz CT molecular complexity index is 791. The minimum Gasteiger partial charge on any atom is -0.481 e. The number of aliphatic carboxylic acids is 1. The first kappa shape index (κ1) is 17.9.